The number of hydrogen-bond acceptors (Lipinski definition) is 5. The number of nitriles is 1. The fraction of sp³-hybridized carbons (Fsp3) is 0.357. The highest BCUT2D eigenvalue weighted by molar-refractivity contribution is 5.92. The molecular formula is C28H31N3O3. The molecule has 1 amide bonds. The second-order valence-electron chi connectivity index (χ2n) is 9.69. The van der Waals surface area contributed by atoms with E-state index in [1.54, 1.807) is 4.90 Å². The zero-order valence-corrected chi connectivity index (χ0v) is 20.2. The maximum atomic E-state index is 12.2. The Hall–Kier alpha value is -3.72. The van der Waals surface area contributed by atoms with Crippen molar-refractivity contribution in [2.45, 2.75) is 52.2 Å². The summed E-state index contributed by atoms with van der Waals surface area (Å²) in [5.41, 5.74) is 2.82. The predicted octanol–water partition coefficient (Wildman–Crippen LogP) is 6.54. The van der Waals surface area contributed by atoms with Gasteiger partial charge in [-0.2, -0.15) is 5.26 Å². The quantitative estimate of drug-likeness (QED) is 0.481. The second-order valence-corrected chi connectivity index (χ2v) is 9.69. The Bertz CT molecular complexity index is 1210. The summed E-state index contributed by atoms with van der Waals surface area (Å²) in [7, 11) is 0. The van der Waals surface area contributed by atoms with Crippen LogP contribution in [0.15, 0.2) is 54.6 Å². The first-order chi connectivity index (χ1) is 16.2. The summed E-state index contributed by atoms with van der Waals surface area (Å²) in [6, 6.07) is 20.2. The molecule has 4 rings (SSSR count). The van der Waals surface area contributed by atoms with Gasteiger partial charge in [-0.1, -0.05) is 24.3 Å². The van der Waals surface area contributed by atoms with Crippen molar-refractivity contribution in [3.8, 4) is 11.8 Å². The topological polar surface area (TPSA) is 74.6 Å². The van der Waals surface area contributed by atoms with E-state index in [0.717, 1.165) is 46.3 Å². The summed E-state index contributed by atoms with van der Waals surface area (Å²) < 4.78 is 11.6. The lowest BCUT2D eigenvalue weighted by Gasteiger charge is -2.33. The lowest BCUT2D eigenvalue weighted by molar-refractivity contribution is 0.0126. The van der Waals surface area contributed by atoms with Crippen LogP contribution in [0.2, 0.25) is 0 Å². The number of nitrogens with one attached hydrogen (secondary N) is 1. The standard InChI is InChI=1S/C28H31N3O3/c1-19-24-8-6-5-7-20(24)17-26(25(19)18-29)30-21-9-11-22(12-10-21)33-23-13-15-31(16-14-23)27(32)34-28(2,3)4/h5-12,17,23,30H,13-16H2,1-4H3. The van der Waals surface area contributed by atoms with Crippen molar-refractivity contribution in [1.82, 2.24) is 4.90 Å². The molecule has 0 saturated carbocycles. The van der Waals surface area contributed by atoms with Crippen LogP contribution in [0.25, 0.3) is 10.8 Å². The molecule has 1 heterocycles. The van der Waals surface area contributed by atoms with E-state index in [1.807, 2.05) is 76.2 Å². The smallest absolute Gasteiger partial charge is 0.410 e. The third-order valence-electron chi connectivity index (χ3n) is 5.95. The first-order valence-corrected chi connectivity index (χ1v) is 11.7. The van der Waals surface area contributed by atoms with Crippen LogP contribution in [0.5, 0.6) is 5.75 Å². The average Bonchev–Trinajstić information content (AvgIpc) is 2.80. The Kier molecular flexibility index (Phi) is 6.65. The number of carbonyl (C=O) groups is 1. The van der Waals surface area contributed by atoms with Gasteiger partial charge in [0.25, 0.3) is 0 Å². The van der Waals surface area contributed by atoms with E-state index in [4.69, 9.17) is 9.47 Å². The molecule has 0 unspecified atom stereocenters. The van der Waals surface area contributed by atoms with Gasteiger partial charge in [-0.25, -0.2) is 4.79 Å². The second kappa shape index (κ2) is 9.64. The molecule has 0 atom stereocenters. The molecule has 0 spiro atoms. The molecule has 1 aliphatic heterocycles. The summed E-state index contributed by atoms with van der Waals surface area (Å²) in [5.74, 6) is 0.788. The summed E-state index contributed by atoms with van der Waals surface area (Å²) in [6.07, 6.45) is 1.33. The largest absolute Gasteiger partial charge is 0.490 e. The van der Waals surface area contributed by atoms with Gasteiger partial charge in [0.15, 0.2) is 0 Å². The molecule has 3 aromatic carbocycles. The summed E-state index contributed by atoms with van der Waals surface area (Å²) in [4.78, 5) is 14.0. The number of fused-ring (bicyclic) bond motifs is 1. The van der Waals surface area contributed by atoms with Gasteiger partial charge in [0, 0.05) is 31.6 Å². The van der Waals surface area contributed by atoms with E-state index in [9.17, 15) is 10.1 Å². The van der Waals surface area contributed by atoms with Crippen molar-refractivity contribution in [1.29, 1.82) is 5.26 Å². The van der Waals surface area contributed by atoms with E-state index in [1.165, 1.54) is 0 Å². The summed E-state index contributed by atoms with van der Waals surface area (Å²) >= 11 is 0. The monoisotopic (exact) mass is 457 g/mol. The van der Waals surface area contributed by atoms with Crippen LogP contribution >= 0.6 is 0 Å². The van der Waals surface area contributed by atoms with Gasteiger partial charge in [-0.3, -0.25) is 0 Å². The summed E-state index contributed by atoms with van der Waals surface area (Å²) in [5, 5.41) is 15.3. The Morgan fingerprint density at radius 1 is 1.09 bits per heavy atom. The van der Waals surface area contributed by atoms with Gasteiger partial charge in [-0.15, -0.1) is 0 Å². The summed E-state index contributed by atoms with van der Waals surface area (Å²) in [6.45, 7) is 8.86. The molecular weight excluding hydrogens is 426 g/mol. The fourth-order valence-corrected chi connectivity index (χ4v) is 4.22. The van der Waals surface area contributed by atoms with Crippen LogP contribution < -0.4 is 10.1 Å². The lowest BCUT2D eigenvalue weighted by Crippen LogP contribution is -2.44. The molecule has 1 fully saturated rings. The Labute approximate surface area is 201 Å². The number of anilines is 2. The number of amides is 1. The number of carbonyl (C=O) groups excluding carboxylic acids is 1. The Morgan fingerprint density at radius 3 is 2.41 bits per heavy atom. The van der Waals surface area contributed by atoms with Crippen molar-refractivity contribution in [3.63, 3.8) is 0 Å². The number of nitrogens with zero attached hydrogens (tertiary/aromatic N) is 2. The van der Waals surface area contributed by atoms with Crippen LogP contribution in [-0.4, -0.2) is 35.8 Å². The average molecular weight is 458 g/mol. The highest BCUT2D eigenvalue weighted by Crippen LogP contribution is 2.31. The zero-order valence-electron chi connectivity index (χ0n) is 20.2. The van der Waals surface area contributed by atoms with Crippen molar-refractivity contribution in [2.75, 3.05) is 18.4 Å². The molecule has 34 heavy (non-hydrogen) atoms. The first kappa shape index (κ1) is 23.4. The van der Waals surface area contributed by atoms with Gasteiger partial charge < -0.3 is 19.7 Å². The Balaban J connectivity index is 1.38. The minimum Gasteiger partial charge on any atom is -0.490 e. The van der Waals surface area contributed by atoms with Gasteiger partial charge in [0.05, 0.1) is 11.3 Å². The fourth-order valence-electron chi connectivity index (χ4n) is 4.22. The normalized spacial score (nSPS) is 14.5. The number of aryl methyl sites for hydroxylation is 1. The molecule has 0 bridgehead atoms. The van der Waals surface area contributed by atoms with E-state index >= 15 is 0 Å². The number of likely N-dealkylation sites (tertiary alicyclic amines) is 1. The van der Waals surface area contributed by atoms with Crippen molar-refractivity contribution < 1.29 is 14.3 Å². The van der Waals surface area contributed by atoms with E-state index in [0.29, 0.717) is 18.7 Å². The van der Waals surface area contributed by atoms with Crippen molar-refractivity contribution in [2.24, 2.45) is 0 Å². The number of piperidine rings is 1. The SMILES string of the molecule is Cc1c(C#N)c(Nc2ccc(OC3CCN(C(=O)OC(C)(C)C)CC3)cc2)cc2ccccc12. The first-order valence-electron chi connectivity index (χ1n) is 11.7. The zero-order chi connectivity index (χ0) is 24.3. The maximum absolute atomic E-state index is 12.2. The van der Waals surface area contributed by atoms with Gasteiger partial charge in [0.2, 0.25) is 0 Å². The third kappa shape index (κ3) is 5.43. The van der Waals surface area contributed by atoms with E-state index in [2.05, 4.69) is 17.5 Å². The molecule has 6 nitrogen and oxygen atoms in total. The minimum absolute atomic E-state index is 0.0609. The highest BCUT2D eigenvalue weighted by Gasteiger charge is 2.27. The minimum atomic E-state index is -0.486. The number of benzene rings is 3. The molecule has 1 saturated heterocycles. The number of hydrogen-bond donors (Lipinski definition) is 1. The molecule has 1 aliphatic rings. The Morgan fingerprint density at radius 2 is 1.76 bits per heavy atom. The lowest BCUT2D eigenvalue weighted by atomic mass is 9.98. The predicted molar refractivity (Wildman–Crippen MR) is 135 cm³/mol. The molecule has 3 aromatic rings. The van der Waals surface area contributed by atoms with Gasteiger partial charge >= 0.3 is 6.09 Å². The molecule has 6 heteroatoms. The van der Waals surface area contributed by atoms with Crippen LogP contribution in [-0.2, 0) is 4.74 Å². The highest BCUT2D eigenvalue weighted by atomic mass is 16.6. The van der Waals surface area contributed by atoms with Crippen LogP contribution in [0.4, 0.5) is 16.2 Å². The third-order valence-corrected chi connectivity index (χ3v) is 5.95. The van der Waals surface area contributed by atoms with Gasteiger partial charge in [-0.05, 0) is 74.4 Å². The van der Waals surface area contributed by atoms with E-state index < -0.39 is 5.60 Å². The van der Waals surface area contributed by atoms with Gasteiger partial charge in [0.1, 0.15) is 23.5 Å². The number of rotatable bonds is 4. The van der Waals surface area contributed by atoms with Crippen molar-refractivity contribution >= 4 is 28.2 Å². The van der Waals surface area contributed by atoms with Crippen molar-refractivity contribution in [3.05, 3.63) is 65.7 Å². The van der Waals surface area contributed by atoms with Crippen LogP contribution in [0.3, 0.4) is 0 Å². The maximum Gasteiger partial charge on any atom is 0.410 e. The molecule has 0 aliphatic carbocycles. The molecule has 0 aromatic heterocycles. The molecule has 0 radical (unpaired) electrons. The molecule has 176 valence electrons. The van der Waals surface area contributed by atoms with Crippen LogP contribution in [0, 0.1) is 18.3 Å². The number of ether oxygens (including phenoxy) is 2. The molecule has 1 N–H and O–H groups in total. The van der Waals surface area contributed by atoms with E-state index in [-0.39, 0.29) is 12.2 Å². The van der Waals surface area contributed by atoms with Crippen LogP contribution in [0.1, 0.15) is 44.7 Å².